The number of rotatable bonds is 5. The van der Waals surface area contributed by atoms with Crippen LogP contribution in [0.5, 0.6) is 11.5 Å². The number of aliphatic hydroxyl groups excluding tert-OH is 1. The summed E-state index contributed by atoms with van der Waals surface area (Å²) in [4.78, 5) is 5.30. The van der Waals surface area contributed by atoms with Crippen LogP contribution in [-0.2, 0) is 17.8 Å². The number of para-hydroxylation sites is 1. The van der Waals surface area contributed by atoms with E-state index in [0.717, 1.165) is 16.6 Å². The Morgan fingerprint density at radius 2 is 1.81 bits per heavy atom. The average molecular weight is 432 g/mol. The van der Waals surface area contributed by atoms with Crippen molar-refractivity contribution in [3.8, 4) is 11.5 Å². The second-order valence-electron chi connectivity index (χ2n) is 7.39. The molecule has 1 N–H and O–H groups in total. The first-order chi connectivity index (χ1) is 15.2. The van der Waals surface area contributed by atoms with Gasteiger partial charge in [-0.25, -0.2) is 4.98 Å². The van der Waals surface area contributed by atoms with E-state index in [1.54, 1.807) is 30.3 Å². The van der Waals surface area contributed by atoms with Crippen molar-refractivity contribution < 1.29 is 19.1 Å². The van der Waals surface area contributed by atoms with Crippen LogP contribution in [0.15, 0.2) is 89.8 Å². The van der Waals surface area contributed by atoms with Crippen LogP contribution in [0, 0.1) is 0 Å². The molecule has 1 aromatic heterocycles. The molecule has 0 radical (unpaired) electrons. The molecule has 5 rings (SSSR count). The van der Waals surface area contributed by atoms with Crippen LogP contribution in [0.3, 0.4) is 0 Å². The van der Waals surface area contributed by atoms with Crippen molar-refractivity contribution >= 4 is 22.1 Å². The Morgan fingerprint density at radius 1 is 1.00 bits per heavy atom. The molecule has 0 aliphatic carbocycles. The van der Waals surface area contributed by atoms with Gasteiger partial charge in [0.25, 0.3) is 0 Å². The highest BCUT2D eigenvalue weighted by Gasteiger charge is 2.39. The van der Waals surface area contributed by atoms with Gasteiger partial charge in [-0.05, 0) is 53.6 Å². The average Bonchev–Trinajstić information content (AvgIpc) is 2.83. The number of ether oxygens (including phenoxy) is 2. The molecule has 1 aliphatic heterocycles. The summed E-state index contributed by atoms with van der Waals surface area (Å²) in [6.45, 7) is 0.497. The highest BCUT2D eigenvalue weighted by molar-refractivity contribution is 7.92. The number of fused-ring (bicyclic) bond motifs is 2. The molecule has 31 heavy (non-hydrogen) atoms. The van der Waals surface area contributed by atoms with Crippen LogP contribution in [0.1, 0.15) is 17.4 Å². The molecular formula is C25H21NO4S. The fourth-order valence-electron chi connectivity index (χ4n) is 3.70. The molecule has 0 amide bonds. The zero-order valence-corrected chi connectivity index (χ0v) is 17.5. The van der Waals surface area contributed by atoms with E-state index >= 15 is 0 Å². The number of benzene rings is 3. The molecule has 4 aromatic rings. The lowest BCUT2D eigenvalue weighted by Crippen LogP contribution is -2.37. The van der Waals surface area contributed by atoms with Crippen molar-refractivity contribution in [3.63, 3.8) is 0 Å². The SMILES string of the molecule is [O-][S+](c1ccccc1)[C@H]1COc2ccc(OCc3ccc4ccccc4n3)cc2[C@H]1O. The van der Waals surface area contributed by atoms with E-state index in [2.05, 4.69) is 4.98 Å². The fraction of sp³-hybridized carbons (Fsp3) is 0.160. The second kappa shape index (κ2) is 8.59. The number of hydrogen-bond acceptors (Lipinski definition) is 5. The first-order valence-electron chi connectivity index (χ1n) is 10.1. The maximum absolute atomic E-state index is 13.0. The van der Waals surface area contributed by atoms with Crippen molar-refractivity contribution in [2.45, 2.75) is 22.9 Å². The lowest BCUT2D eigenvalue weighted by Gasteiger charge is -2.31. The Morgan fingerprint density at radius 3 is 2.68 bits per heavy atom. The maximum atomic E-state index is 13.0. The number of nitrogens with zero attached hydrogens (tertiary/aromatic N) is 1. The van der Waals surface area contributed by atoms with E-state index < -0.39 is 22.5 Å². The molecule has 3 atom stereocenters. The summed E-state index contributed by atoms with van der Waals surface area (Å²) < 4.78 is 24.7. The van der Waals surface area contributed by atoms with E-state index in [9.17, 15) is 9.66 Å². The van der Waals surface area contributed by atoms with Gasteiger partial charge in [0, 0.05) is 10.9 Å². The van der Waals surface area contributed by atoms with Crippen molar-refractivity contribution in [1.82, 2.24) is 4.98 Å². The molecule has 0 spiro atoms. The summed E-state index contributed by atoms with van der Waals surface area (Å²) >= 11 is -1.39. The Kier molecular flexibility index (Phi) is 5.51. The smallest absolute Gasteiger partial charge is 0.184 e. The predicted molar refractivity (Wildman–Crippen MR) is 120 cm³/mol. The van der Waals surface area contributed by atoms with Crippen molar-refractivity contribution in [3.05, 3.63) is 96.2 Å². The van der Waals surface area contributed by atoms with Gasteiger partial charge in [-0.15, -0.1) is 0 Å². The highest BCUT2D eigenvalue weighted by atomic mass is 32.2. The largest absolute Gasteiger partial charge is 0.611 e. The molecule has 0 fully saturated rings. The minimum absolute atomic E-state index is 0.191. The zero-order chi connectivity index (χ0) is 21.2. The summed E-state index contributed by atoms with van der Waals surface area (Å²) in [5, 5.41) is 11.5. The number of hydrogen-bond donors (Lipinski definition) is 1. The van der Waals surface area contributed by atoms with Crippen LogP contribution < -0.4 is 9.47 Å². The fourth-order valence-corrected chi connectivity index (χ4v) is 5.04. The van der Waals surface area contributed by atoms with Crippen molar-refractivity contribution in [2.75, 3.05) is 6.61 Å². The first-order valence-corrected chi connectivity index (χ1v) is 11.3. The molecule has 3 aromatic carbocycles. The Labute approximate surface area is 183 Å². The number of pyridine rings is 1. The molecule has 0 saturated heterocycles. The minimum atomic E-state index is -1.39. The molecule has 1 aliphatic rings. The van der Waals surface area contributed by atoms with E-state index in [1.165, 1.54) is 0 Å². The monoisotopic (exact) mass is 431 g/mol. The van der Waals surface area contributed by atoms with Gasteiger partial charge in [0.15, 0.2) is 10.1 Å². The Balaban J connectivity index is 1.33. The Hall–Kier alpha value is -3.06. The van der Waals surface area contributed by atoms with Gasteiger partial charge in [-0.2, -0.15) is 0 Å². The number of aromatic nitrogens is 1. The van der Waals surface area contributed by atoms with Gasteiger partial charge in [0.1, 0.15) is 30.8 Å². The second-order valence-corrected chi connectivity index (χ2v) is 9.06. The van der Waals surface area contributed by atoms with Crippen LogP contribution >= 0.6 is 0 Å². The predicted octanol–water partition coefficient (Wildman–Crippen LogP) is 4.42. The topological polar surface area (TPSA) is 74.6 Å². The van der Waals surface area contributed by atoms with Gasteiger partial charge in [0.2, 0.25) is 0 Å². The van der Waals surface area contributed by atoms with Crippen LogP contribution in [-0.4, -0.2) is 26.5 Å². The van der Waals surface area contributed by atoms with Crippen molar-refractivity contribution in [1.29, 1.82) is 0 Å². The van der Waals surface area contributed by atoms with E-state index in [1.807, 2.05) is 54.6 Å². The normalized spacial score (nSPS) is 18.8. The summed E-state index contributed by atoms with van der Waals surface area (Å²) in [6.07, 6.45) is -0.910. The molecular weight excluding hydrogens is 410 g/mol. The summed E-state index contributed by atoms with van der Waals surface area (Å²) in [7, 11) is 0. The minimum Gasteiger partial charge on any atom is -0.611 e. The van der Waals surface area contributed by atoms with Gasteiger partial charge in [-0.1, -0.05) is 42.5 Å². The van der Waals surface area contributed by atoms with Gasteiger partial charge < -0.3 is 19.1 Å². The molecule has 6 heteroatoms. The molecule has 0 bridgehead atoms. The van der Waals surface area contributed by atoms with Crippen LogP contribution in [0.2, 0.25) is 0 Å². The third-order valence-corrected chi connectivity index (χ3v) is 7.03. The van der Waals surface area contributed by atoms with E-state index in [-0.39, 0.29) is 6.61 Å². The van der Waals surface area contributed by atoms with E-state index in [4.69, 9.17) is 9.47 Å². The summed E-state index contributed by atoms with van der Waals surface area (Å²) in [6, 6.07) is 26.4. The quantitative estimate of drug-likeness (QED) is 0.474. The standard InChI is InChI=1S/C25H21NO4S/c27-25-21-14-19(29-15-18-11-10-17-6-4-5-9-22(17)26-18)12-13-23(21)30-16-24(25)31(28)20-7-2-1-3-8-20/h1-14,24-25,27H,15-16H2/t24-,25+,31?/m0/s1. The van der Waals surface area contributed by atoms with Gasteiger partial charge in [-0.3, -0.25) is 0 Å². The zero-order valence-electron chi connectivity index (χ0n) is 16.7. The van der Waals surface area contributed by atoms with Gasteiger partial charge >= 0.3 is 0 Å². The molecule has 2 heterocycles. The van der Waals surface area contributed by atoms with Crippen LogP contribution in [0.25, 0.3) is 10.9 Å². The lowest BCUT2D eigenvalue weighted by atomic mass is 10.0. The summed E-state index contributed by atoms with van der Waals surface area (Å²) in [5.74, 6) is 1.19. The maximum Gasteiger partial charge on any atom is 0.184 e. The Bertz CT molecular complexity index is 1200. The number of aliphatic hydroxyl groups is 1. The third-order valence-electron chi connectivity index (χ3n) is 5.35. The molecule has 156 valence electrons. The first kappa shape index (κ1) is 19.9. The highest BCUT2D eigenvalue weighted by Crippen LogP contribution is 2.39. The lowest BCUT2D eigenvalue weighted by molar-refractivity contribution is 0.118. The van der Waals surface area contributed by atoms with E-state index in [0.29, 0.717) is 28.6 Å². The molecule has 0 saturated carbocycles. The third kappa shape index (κ3) is 4.10. The molecule has 5 nitrogen and oxygen atoms in total. The molecule has 1 unspecified atom stereocenters. The van der Waals surface area contributed by atoms with Gasteiger partial charge in [0.05, 0.1) is 11.2 Å². The van der Waals surface area contributed by atoms with Crippen LogP contribution in [0.4, 0.5) is 0 Å². The van der Waals surface area contributed by atoms with Crippen molar-refractivity contribution in [2.24, 2.45) is 0 Å². The summed E-state index contributed by atoms with van der Waals surface area (Å²) in [5.41, 5.74) is 2.32.